The fourth-order valence-corrected chi connectivity index (χ4v) is 2.52. The highest BCUT2D eigenvalue weighted by Gasteiger charge is 2.20. The molecule has 5 heteroatoms. The Morgan fingerprint density at radius 1 is 1.45 bits per heavy atom. The molecule has 1 rings (SSSR count). The minimum absolute atomic E-state index is 0.171. The monoisotopic (exact) mass is 283 g/mol. The summed E-state index contributed by atoms with van der Waals surface area (Å²) in [7, 11) is 0. The van der Waals surface area contributed by atoms with Crippen LogP contribution in [0.3, 0.4) is 0 Å². The van der Waals surface area contributed by atoms with Gasteiger partial charge >= 0.3 is 6.03 Å². The second-order valence-electron chi connectivity index (χ2n) is 6.00. The molecule has 0 aliphatic carbocycles. The van der Waals surface area contributed by atoms with Crippen LogP contribution in [0.25, 0.3) is 0 Å². The van der Waals surface area contributed by atoms with Gasteiger partial charge in [-0.25, -0.2) is 4.79 Å². The number of hydrogen-bond acceptors (Lipinski definition) is 3. The first-order chi connectivity index (χ1) is 9.51. The minimum atomic E-state index is -0.463. The van der Waals surface area contributed by atoms with Gasteiger partial charge in [-0.1, -0.05) is 19.9 Å². The fraction of sp³-hybridized carbons (Fsp3) is 0.800. The van der Waals surface area contributed by atoms with Crippen molar-refractivity contribution in [3.63, 3.8) is 0 Å². The number of likely N-dealkylation sites (tertiary alicyclic amines) is 1. The van der Waals surface area contributed by atoms with Crippen LogP contribution in [-0.2, 0) is 0 Å². The molecule has 1 aliphatic rings. The topological polar surface area (TPSA) is 64.6 Å². The number of carbonyl (C=O) groups excluding carboxylic acids is 1. The molecule has 0 spiro atoms. The van der Waals surface area contributed by atoms with Crippen LogP contribution in [0.1, 0.15) is 33.1 Å². The quantitative estimate of drug-likeness (QED) is 0.618. The van der Waals surface area contributed by atoms with Crippen LogP contribution in [0.4, 0.5) is 4.79 Å². The second kappa shape index (κ2) is 8.97. The van der Waals surface area contributed by atoms with Crippen LogP contribution in [0.15, 0.2) is 12.7 Å². The van der Waals surface area contributed by atoms with Crippen LogP contribution >= 0.6 is 0 Å². The maximum absolute atomic E-state index is 11.7. The zero-order valence-corrected chi connectivity index (χ0v) is 12.8. The van der Waals surface area contributed by atoms with Gasteiger partial charge in [0.1, 0.15) is 0 Å². The highest BCUT2D eigenvalue weighted by atomic mass is 16.3. The number of carbonyl (C=O) groups is 1. The molecule has 0 bridgehead atoms. The molecule has 0 aromatic rings. The SMILES string of the molecule is C=CCN1CCC(NC(=O)NCC(O)CC(C)C)CC1. The number of amides is 2. The Morgan fingerprint density at radius 3 is 2.65 bits per heavy atom. The van der Waals surface area contributed by atoms with Gasteiger partial charge in [0.2, 0.25) is 0 Å². The van der Waals surface area contributed by atoms with Gasteiger partial charge in [-0.05, 0) is 25.2 Å². The Bertz CT molecular complexity index is 299. The number of hydrogen-bond donors (Lipinski definition) is 3. The summed E-state index contributed by atoms with van der Waals surface area (Å²) in [5.74, 6) is 0.434. The van der Waals surface area contributed by atoms with E-state index in [0.29, 0.717) is 18.9 Å². The number of nitrogens with zero attached hydrogens (tertiary/aromatic N) is 1. The Kier molecular flexibility index (Phi) is 7.62. The Balaban J connectivity index is 2.15. The Labute approximate surface area is 122 Å². The van der Waals surface area contributed by atoms with E-state index in [-0.39, 0.29) is 12.1 Å². The van der Waals surface area contributed by atoms with Crippen molar-refractivity contribution in [1.29, 1.82) is 0 Å². The second-order valence-corrected chi connectivity index (χ2v) is 6.00. The zero-order chi connectivity index (χ0) is 15.0. The molecule has 116 valence electrons. The van der Waals surface area contributed by atoms with Gasteiger partial charge in [0, 0.05) is 32.2 Å². The molecule has 1 aliphatic heterocycles. The maximum atomic E-state index is 11.7. The van der Waals surface area contributed by atoms with E-state index >= 15 is 0 Å². The van der Waals surface area contributed by atoms with E-state index in [1.165, 1.54) is 0 Å². The van der Waals surface area contributed by atoms with Gasteiger partial charge in [0.15, 0.2) is 0 Å². The molecule has 0 aromatic heterocycles. The Morgan fingerprint density at radius 2 is 2.10 bits per heavy atom. The van der Waals surface area contributed by atoms with Crippen molar-refractivity contribution < 1.29 is 9.90 Å². The highest BCUT2D eigenvalue weighted by molar-refractivity contribution is 5.74. The normalized spacial score (nSPS) is 18.8. The summed E-state index contributed by atoms with van der Waals surface area (Å²) in [6.45, 7) is 11.1. The smallest absolute Gasteiger partial charge is 0.315 e. The Hall–Kier alpha value is -1.07. The molecule has 3 N–H and O–H groups in total. The third kappa shape index (κ3) is 6.91. The first-order valence-electron chi connectivity index (χ1n) is 7.57. The van der Waals surface area contributed by atoms with Crippen molar-refractivity contribution in [3.8, 4) is 0 Å². The van der Waals surface area contributed by atoms with Crippen LogP contribution in [0.2, 0.25) is 0 Å². The fourth-order valence-electron chi connectivity index (χ4n) is 2.52. The summed E-state index contributed by atoms with van der Waals surface area (Å²) < 4.78 is 0. The van der Waals surface area contributed by atoms with Crippen molar-refractivity contribution in [3.05, 3.63) is 12.7 Å². The van der Waals surface area contributed by atoms with Crippen LogP contribution < -0.4 is 10.6 Å². The third-order valence-electron chi connectivity index (χ3n) is 3.55. The first-order valence-corrected chi connectivity index (χ1v) is 7.57. The predicted molar refractivity (Wildman–Crippen MR) is 81.7 cm³/mol. The van der Waals surface area contributed by atoms with E-state index in [1.54, 1.807) is 0 Å². The molecule has 1 heterocycles. The summed E-state index contributed by atoms with van der Waals surface area (Å²) in [4.78, 5) is 14.1. The molecule has 1 fully saturated rings. The lowest BCUT2D eigenvalue weighted by Crippen LogP contribution is -2.49. The zero-order valence-electron chi connectivity index (χ0n) is 12.8. The van der Waals surface area contributed by atoms with E-state index in [9.17, 15) is 9.90 Å². The molecule has 0 aromatic carbocycles. The lowest BCUT2D eigenvalue weighted by Gasteiger charge is -2.31. The van der Waals surface area contributed by atoms with Crippen LogP contribution in [-0.4, -0.2) is 54.4 Å². The van der Waals surface area contributed by atoms with Gasteiger partial charge in [-0.3, -0.25) is 4.90 Å². The third-order valence-corrected chi connectivity index (χ3v) is 3.55. The summed E-state index contributed by atoms with van der Waals surface area (Å²) in [5.41, 5.74) is 0. The first kappa shape index (κ1) is 17.0. The lowest BCUT2D eigenvalue weighted by atomic mass is 10.1. The summed E-state index contributed by atoms with van der Waals surface area (Å²) in [6.07, 6.45) is 4.10. The maximum Gasteiger partial charge on any atom is 0.315 e. The molecule has 0 radical (unpaired) electrons. The van der Waals surface area contributed by atoms with Crippen LogP contribution in [0, 0.1) is 5.92 Å². The molecule has 1 unspecified atom stereocenters. The summed E-state index contributed by atoms with van der Waals surface area (Å²) in [6, 6.07) is 0.0632. The molecular formula is C15H29N3O2. The van der Waals surface area contributed by atoms with E-state index in [1.807, 2.05) is 6.08 Å². The molecule has 5 nitrogen and oxygen atoms in total. The van der Waals surface area contributed by atoms with Gasteiger partial charge in [-0.2, -0.15) is 0 Å². The van der Waals surface area contributed by atoms with Gasteiger partial charge in [0.25, 0.3) is 0 Å². The van der Waals surface area contributed by atoms with Gasteiger partial charge in [-0.15, -0.1) is 6.58 Å². The average Bonchev–Trinajstić information content (AvgIpc) is 2.38. The number of piperidine rings is 1. The van der Waals surface area contributed by atoms with Crippen molar-refractivity contribution in [2.24, 2.45) is 5.92 Å². The summed E-state index contributed by atoms with van der Waals surface area (Å²) >= 11 is 0. The molecular weight excluding hydrogens is 254 g/mol. The minimum Gasteiger partial charge on any atom is -0.391 e. The van der Waals surface area contributed by atoms with Crippen molar-refractivity contribution in [1.82, 2.24) is 15.5 Å². The number of urea groups is 1. The standard InChI is InChI=1S/C15H29N3O2/c1-4-7-18-8-5-13(6-9-18)17-15(20)16-11-14(19)10-12(2)3/h4,12-14,19H,1,5-11H2,2-3H3,(H2,16,17,20). The number of aliphatic hydroxyl groups excluding tert-OH is 1. The van der Waals surface area contributed by atoms with Crippen molar-refractivity contribution in [2.45, 2.75) is 45.3 Å². The number of nitrogens with one attached hydrogen (secondary N) is 2. The molecule has 2 amide bonds. The lowest BCUT2D eigenvalue weighted by molar-refractivity contribution is 0.145. The van der Waals surface area contributed by atoms with E-state index in [4.69, 9.17) is 0 Å². The summed E-state index contributed by atoms with van der Waals surface area (Å²) in [5, 5.41) is 15.4. The number of rotatable bonds is 7. The molecule has 1 saturated heterocycles. The van der Waals surface area contributed by atoms with E-state index < -0.39 is 6.10 Å². The van der Waals surface area contributed by atoms with Crippen molar-refractivity contribution in [2.75, 3.05) is 26.2 Å². The molecule has 20 heavy (non-hydrogen) atoms. The molecule has 0 saturated carbocycles. The highest BCUT2D eigenvalue weighted by Crippen LogP contribution is 2.09. The predicted octanol–water partition coefficient (Wildman–Crippen LogP) is 1.34. The largest absolute Gasteiger partial charge is 0.391 e. The van der Waals surface area contributed by atoms with Gasteiger partial charge in [0.05, 0.1) is 6.10 Å². The molecule has 1 atom stereocenters. The van der Waals surface area contributed by atoms with Crippen LogP contribution in [0.5, 0.6) is 0 Å². The van der Waals surface area contributed by atoms with Gasteiger partial charge < -0.3 is 15.7 Å². The number of aliphatic hydroxyl groups is 1. The average molecular weight is 283 g/mol. The van der Waals surface area contributed by atoms with E-state index in [0.717, 1.165) is 32.5 Å². The van der Waals surface area contributed by atoms with E-state index in [2.05, 4.69) is 36.0 Å². The van der Waals surface area contributed by atoms with Crippen molar-refractivity contribution >= 4 is 6.03 Å².